The first kappa shape index (κ1) is 17.5. The highest BCUT2D eigenvalue weighted by atomic mass is 16.5. The maximum atomic E-state index is 5.51. The van der Waals surface area contributed by atoms with Crippen molar-refractivity contribution < 1.29 is 14.2 Å². The van der Waals surface area contributed by atoms with E-state index in [1.54, 1.807) is 14.2 Å². The van der Waals surface area contributed by atoms with E-state index in [9.17, 15) is 0 Å². The number of benzene rings is 2. The Balaban J connectivity index is 1.93. The van der Waals surface area contributed by atoms with Crippen LogP contribution in [0.3, 0.4) is 0 Å². The summed E-state index contributed by atoms with van der Waals surface area (Å²) < 4.78 is 16.5. The number of ether oxygens (including phenoxy) is 3. The molecule has 0 N–H and O–H groups in total. The van der Waals surface area contributed by atoms with Crippen LogP contribution in [0.1, 0.15) is 5.56 Å². The highest BCUT2D eigenvalue weighted by molar-refractivity contribution is 5.93. The molecule has 1 saturated heterocycles. The van der Waals surface area contributed by atoms with Gasteiger partial charge in [0.2, 0.25) is 0 Å². The van der Waals surface area contributed by atoms with E-state index in [1.165, 1.54) is 5.56 Å². The Labute approximate surface area is 158 Å². The molecule has 1 aromatic heterocycles. The van der Waals surface area contributed by atoms with Gasteiger partial charge in [0, 0.05) is 30.1 Å². The summed E-state index contributed by atoms with van der Waals surface area (Å²) in [5.41, 5.74) is 3.03. The number of hydrogen-bond acceptors (Lipinski definition) is 6. The number of anilines is 1. The number of rotatable bonds is 4. The summed E-state index contributed by atoms with van der Waals surface area (Å²) >= 11 is 0. The molecule has 27 heavy (non-hydrogen) atoms. The fraction of sp³-hybridized carbons (Fsp3) is 0.333. The van der Waals surface area contributed by atoms with Gasteiger partial charge in [-0.05, 0) is 13.0 Å². The zero-order valence-electron chi connectivity index (χ0n) is 15.9. The van der Waals surface area contributed by atoms with Crippen molar-refractivity contribution in [1.82, 2.24) is 9.97 Å². The van der Waals surface area contributed by atoms with E-state index < -0.39 is 0 Å². The molecule has 0 aliphatic carbocycles. The van der Waals surface area contributed by atoms with Crippen molar-refractivity contribution in [1.29, 1.82) is 0 Å². The number of fused-ring (bicyclic) bond motifs is 1. The van der Waals surface area contributed by atoms with Gasteiger partial charge in [-0.1, -0.05) is 29.8 Å². The van der Waals surface area contributed by atoms with Crippen molar-refractivity contribution in [2.24, 2.45) is 0 Å². The van der Waals surface area contributed by atoms with Crippen LogP contribution in [0.4, 0.5) is 5.82 Å². The average Bonchev–Trinajstić information content (AvgIpc) is 2.73. The molecule has 6 nitrogen and oxygen atoms in total. The van der Waals surface area contributed by atoms with Crippen molar-refractivity contribution in [3.8, 4) is 22.9 Å². The molecule has 0 saturated carbocycles. The molecule has 0 atom stereocenters. The first-order valence-electron chi connectivity index (χ1n) is 9.03. The van der Waals surface area contributed by atoms with Gasteiger partial charge in [-0.25, -0.2) is 9.97 Å². The van der Waals surface area contributed by atoms with E-state index >= 15 is 0 Å². The third-order valence-corrected chi connectivity index (χ3v) is 4.80. The van der Waals surface area contributed by atoms with Crippen molar-refractivity contribution >= 4 is 16.7 Å². The van der Waals surface area contributed by atoms with Crippen molar-refractivity contribution in [3.63, 3.8) is 0 Å². The summed E-state index contributed by atoms with van der Waals surface area (Å²) in [7, 11) is 3.27. The van der Waals surface area contributed by atoms with E-state index in [0.29, 0.717) is 30.5 Å². The van der Waals surface area contributed by atoms with Gasteiger partial charge in [-0.3, -0.25) is 0 Å². The topological polar surface area (TPSA) is 56.7 Å². The molecule has 6 heteroatoms. The SMILES string of the molecule is COc1cc2nc(-c3ccc(C)cc3)nc(N3CCOCC3)c2cc1OC. The van der Waals surface area contributed by atoms with Gasteiger partial charge in [-0.2, -0.15) is 0 Å². The van der Waals surface area contributed by atoms with E-state index in [0.717, 1.165) is 35.4 Å². The third kappa shape index (κ3) is 3.40. The lowest BCUT2D eigenvalue weighted by Crippen LogP contribution is -2.37. The van der Waals surface area contributed by atoms with Crippen LogP contribution in [0.2, 0.25) is 0 Å². The molecular weight excluding hydrogens is 342 g/mol. The number of aryl methyl sites for hydroxylation is 1. The van der Waals surface area contributed by atoms with Gasteiger partial charge in [0.15, 0.2) is 17.3 Å². The van der Waals surface area contributed by atoms with E-state index in [2.05, 4.69) is 36.1 Å². The molecule has 2 heterocycles. The molecular formula is C21H23N3O3. The van der Waals surface area contributed by atoms with Crippen LogP contribution in [0, 0.1) is 6.92 Å². The molecule has 140 valence electrons. The Morgan fingerprint density at radius 1 is 0.926 bits per heavy atom. The Hall–Kier alpha value is -2.86. The van der Waals surface area contributed by atoms with Gasteiger partial charge in [0.25, 0.3) is 0 Å². The number of morpholine rings is 1. The van der Waals surface area contributed by atoms with Crippen molar-refractivity contribution in [3.05, 3.63) is 42.0 Å². The third-order valence-electron chi connectivity index (χ3n) is 4.80. The zero-order chi connectivity index (χ0) is 18.8. The predicted molar refractivity (Wildman–Crippen MR) is 106 cm³/mol. The number of nitrogens with zero attached hydrogens (tertiary/aromatic N) is 3. The standard InChI is InChI=1S/C21H23N3O3/c1-14-4-6-15(7-5-14)20-22-17-13-19(26-3)18(25-2)12-16(17)21(23-20)24-8-10-27-11-9-24/h4-7,12-13H,8-11H2,1-3H3. The Morgan fingerprint density at radius 2 is 1.59 bits per heavy atom. The molecule has 4 rings (SSSR count). The van der Waals surface area contributed by atoms with Gasteiger partial charge < -0.3 is 19.1 Å². The average molecular weight is 365 g/mol. The normalized spacial score (nSPS) is 14.4. The number of hydrogen-bond donors (Lipinski definition) is 0. The summed E-state index contributed by atoms with van der Waals surface area (Å²) in [6, 6.07) is 12.1. The van der Waals surface area contributed by atoms with Crippen LogP contribution in [-0.2, 0) is 4.74 Å². The first-order valence-corrected chi connectivity index (χ1v) is 9.03. The summed E-state index contributed by atoms with van der Waals surface area (Å²) in [5, 5.41) is 0.949. The second kappa shape index (κ2) is 7.40. The lowest BCUT2D eigenvalue weighted by Gasteiger charge is -2.29. The van der Waals surface area contributed by atoms with E-state index in [4.69, 9.17) is 24.2 Å². The minimum atomic E-state index is 0.659. The molecule has 0 radical (unpaired) electrons. The molecule has 0 amide bonds. The van der Waals surface area contributed by atoms with Crippen LogP contribution < -0.4 is 14.4 Å². The molecule has 1 aliphatic heterocycles. The zero-order valence-corrected chi connectivity index (χ0v) is 15.9. The maximum Gasteiger partial charge on any atom is 0.162 e. The highest BCUT2D eigenvalue weighted by Gasteiger charge is 2.20. The summed E-state index contributed by atoms with van der Waals surface area (Å²) in [6.45, 7) is 5.06. The lowest BCUT2D eigenvalue weighted by atomic mass is 10.1. The summed E-state index contributed by atoms with van der Waals surface area (Å²) in [5.74, 6) is 2.94. The number of aromatic nitrogens is 2. The Morgan fingerprint density at radius 3 is 2.26 bits per heavy atom. The van der Waals surface area contributed by atoms with E-state index in [1.807, 2.05) is 12.1 Å². The van der Waals surface area contributed by atoms with E-state index in [-0.39, 0.29) is 0 Å². The molecule has 0 bridgehead atoms. The fourth-order valence-electron chi connectivity index (χ4n) is 3.29. The second-order valence-corrected chi connectivity index (χ2v) is 6.56. The fourth-order valence-corrected chi connectivity index (χ4v) is 3.29. The molecule has 3 aromatic rings. The molecule has 1 aliphatic rings. The van der Waals surface area contributed by atoms with Crippen LogP contribution in [0.15, 0.2) is 36.4 Å². The molecule has 1 fully saturated rings. The van der Waals surface area contributed by atoms with Gasteiger partial charge in [-0.15, -0.1) is 0 Å². The maximum absolute atomic E-state index is 5.51. The van der Waals surface area contributed by atoms with Crippen molar-refractivity contribution in [2.45, 2.75) is 6.92 Å². The van der Waals surface area contributed by atoms with Crippen LogP contribution in [0.5, 0.6) is 11.5 Å². The first-order chi connectivity index (χ1) is 13.2. The van der Waals surface area contributed by atoms with Gasteiger partial charge >= 0.3 is 0 Å². The largest absolute Gasteiger partial charge is 0.493 e. The minimum Gasteiger partial charge on any atom is -0.493 e. The smallest absolute Gasteiger partial charge is 0.162 e. The van der Waals surface area contributed by atoms with Gasteiger partial charge in [0.1, 0.15) is 5.82 Å². The molecule has 2 aromatic carbocycles. The lowest BCUT2D eigenvalue weighted by molar-refractivity contribution is 0.122. The monoisotopic (exact) mass is 365 g/mol. The van der Waals surface area contributed by atoms with Crippen LogP contribution >= 0.6 is 0 Å². The summed E-state index contributed by atoms with van der Waals surface area (Å²) in [6.07, 6.45) is 0. The van der Waals surface area contributed by atoms with Gasteiger partial charge in [0.05, 0.1) is 33.0 Å². The highest BCUT2D eigenvalue weighted by Crippen LogP contribution is 2.36. The van der Waals surface area contributed by atoms with Crippen LogP contribution in [0.25, 0.3) is 22.3 Å². The predicted octanol–water partition coefficient (Wildman–Crippen LogP) is 3.46. The van der Waals surface area contributed by atoms with Crippen LogP contribution in [-0.4, -0.2) is 50.5 Å². The second-order valence-electron chi connectivity index (χ2n) is 6.56. The molecule has 0 unspecified atom stereocenters. The Bertz CT molecular complexity index is 951. The molecule has 0 spiro atoms. The number of methoxy groups -OCH3 is 2. The van der Waals surface area contributed by atoms with Crippen molar-refractivity contribution in [2.75, 3.05) is 45.4 Å². The minimum absolute atomic E-state index is 0.659. The Kier molecular flexibility index (Phi) is 4.81. The summed E-state index contributed by atoms with van der Waals surface area (Å²) in [4.78, 5) is 12.0. The quantitative estimate of drug-likeness (QED) is 0.706.